The van der Waals surface area contributed by atoms with Crippen molar-refractivity contribution in [1.29, 1.82) is 0 Å². The predicted octanol–water partition coefficient (Wildman–Crippen LogP) is 3.09. The fourth-order valence-corrected chi connectivity index (χ4v) is 4.91. The summed E-state index contributed by atoms with van der Waals surface area (Å²) < 4.78 is 32.7. The molecule has 7 nitrogen and oxygen atoms in total. The lowest BCUT2D eigenvalue weighted by Crippen LogP contribution is -2.44. The quantitative estimate of drug-likeness (QED) is 0.516. The molecule has 1 fully saturated rings. The Labute approximate surface area is 177 Å². The van der Waals surface area contributed by atoms with E-state index in [1.165, 1.54) is 10.5 Å². The summed E-state index contributed by atoms with van der Waals surface area (Å²) in [5, 5.41) is 3.99. The molecule has 3 rings (SSSR count). The molecule has 1 heterocycles. The smallest absolute Gasteiger partial charge is 0.258 e. The fraction of sp³-hybridized carbons (Fsp3) is 0.364. The molecule has 0 aliphatic carbocycles. The van der Waals surface area contributed by atoms with E-state index in [1.54, 1.807) is 24.3 Å². The third-order valence-electron chi connectivity index (χ3n) is 4.88. The first-order chi connectivity index (χ1) is 14.4. The molecular weight excluding hydrogens is 402 g/mol. The van der Waals surface area contributed by atoms with E-state index in [0.29, 0.717) is 26.0 Å². The molecule has 1 amide bonds. The van der Waals surface area contributed by atoms with Gasteiger partial charge in [-0.05, 0) is 68.1 Å². The number of rotatable bonds is 8. The number of nitrogens with one attached hydrogen (secondary N) is 1. The summed E-state index contributed by atoms with van der Waals surface area (Å²) in [5.41, 5.74) is 4.25. The van der Waals surface area contributed by atoms with E-state index >= 15 is 0 Å². The van der Waals surface area contributed by atoms with Crippen LogP contribution in [0.1, 0.15) is 37.3 Å². The maximum absolute atomic E-state index is 13.0. The van der Waals surface area contributed by atoms with E-state index in [-0.39, 0.29) is 4.90 Å². The molecule has 0 bridgehead atoms. The largest absolute Gasteiger partial charge is 0.494 e. The Morgan fingerprint density at radius 1 is 1.20 bits per heavy atom. The lowest BCUT2D eigenvalue weighted by molar-refractivity contribution is -0.124. The monoisotopic (exact) mass is 429 g/mol. The second-order valence-corrected chi connectivity index (χ2v) is 9.13. The van der Waals surface area contributed by atoms with Gasteiger partial charge in [0.2, 0.25) is 10.0 Å². The SMILES string of the molecule is CCCOc1ccc(C=NNC(=O)C2CCCN2S(=O)(=O)c2ccc(C)cc2)cc1. The number of benzene rings is 2. The zero-order chi connectivity index (χ0) is 21.6. The number of hydrazone groups is 1. The minimum Gasteiger partial charge on any atom is -0.494 e. The summed E-state index contributed by atoms with van der Waals surface area (Å²) in [6.45, 7) is 4.91. The van der Waals surface area contributed by atoms with Gasteiger partial charge in [-0.2, -0.15) is 9.41 Å². The van der Waals surface area contributed by atoms with Gasteiger partial charge in [0.1, 0.15) is 11.8 Å². The Morgan fingerprint density at radius 2 is 1.90 bits per heavy atom. The summed E-state index contributed by atoms with van der Waals surface area (Å²) in [7, 11) is -3.73. The Bertz CT molecular complexity index is 986. The number of aryl methyl sites for hydroxylation is 1. The summed E-state index contributed by atoms with van der Waals surface area (Å²) in [4.78, 5) is 12.8. The number of hydrogen-bond donors (Lipinski definition) is 1. The van der Waals surface area contributed by atoms with Crippen LogP contribution in [0.25, 0.3) is 0 Å². The molecule has 0 spiro atoms. The Balaban J connectivity index is 1.63. The normalized spacial score (nSPS) is 17.3. The topological polar surface area (TPSA) is 88.1 Å². The molecule has 30 heavy (non-hydrogen) atoms. The van der Waals surface area contributed by atoms with E-state index < -0.39 is 22.0 Å². The summed E-state index contributed by atoms with van der Waals surface area (Å²) >= 11 is 0. The average Bonchev–Trinajstić information content (AvgIpc) is 3.24. The maximum Gasteiger partial charge on any atom is 0.258 e. The second kappa shape index (κ2) is 9.86. The summed E-state index contributed by atoms with van der Waals surface area (Å²) in [6.07, 6.45) is 3.56. The lowest BCUT2D eigenvalue weighted by Gasteiger charge is -2.22. The van der Waals surface area contributed by atoms with Crippen molar-refractivity contribution in [3.63, 3.8) is 0 Å². The van der Waals surface area contributed by atoms with Crippen LogP contribution in [-0.4, -0.2) is 44.0 Å². The van der Waals surface area contributed by atoms with Crippen molar-refractivity contribution in [2.75, 3.05) is 13.2 Å². The first kappa shape index (κ1) is 22.0. The molecule has 160 valence electrons. The molecule has 0 saturated carbocycles. The first-order valence-electron chi connectivity index (χ1n) is 10.1. The van der Waals surface area contributed by atoms with E-state index in [1.807, 2.05) is 38.1 Å². The third kappa shape index (κ3) is 5.25. The van der Waals surface area contributed by atoms with Crippen LogP contribution < -0.4 is 10.2 Å². The van der Waals surface area contributed by atoms with Gasteiger partial charge in [0.05, 0.1) is 17.7 Å². The van der Waals surface area contributed by atoms with Gasteiger partial charge in [-0.3, -0.25) is 4.79 Å². The highest BCUT2D eigenvalue weighted by Crippen LogP contribution is 2.26. The van der Waals surface area contributed by atoms with Crippen molar-refractivity contribution in [3.05, 3.63) is 59.7 Å². The van der Waals surface area contributed by atoms with Gasteiger partial charge in [-0.1, -0.05) is 24.6 Å². The van der Waals surface area contributed by atoms with Gasteiger partial charge in [-0.25, -0.2) is 13.8 Å². The van der Waals surface area contributed by atoms with Crippen LogP contribution in [0.2, 0.25) is 0 Å². The van der Waals surface area contributed by atoms with Gasteiger partial charge in [0.25, 0.3) is 5.91 Å². The molecule has 1 aliphatic rings. The number of amides is 1. The van der Waals surface area contributed by atoms with Crippen molar-refractivity contribution < 1.29 is 17.9 Å². The molecule has 8 heteroatoms. The second-order valence-electron chi connectivity index (χ2n) is 7.24. The van der Waals surface area contributed by atoms with Crippen LogP contribution in [0.4, 0.5) is 0 Å². The van der Waals surface area contributed by atoms with E-state index in [0.717, 1.165) is 23.3 Å². The number of hydrogen-bond acceptors (Lipinski definition) is 5. The minimum absolute atomic E-state index is 0.196. The number of sulfonamides is 1. The van der Waals surface area contributed by atoms with E-state index in [4.69, 9.17) is 4.74 Å². The van der Waals surface area contributed by atoms with Crippen LogP contribution in [0.3, 0.4) is 0 Å². The molecule has 1 saturated heterocycles. The Morgan fingerprint density at radius 3 is 2.57 bits per heavy atom. The summed E-state index contributed by atoms with van der Waals surface area (Å²) in [6, 6.07) is 13.2. The van der Waals surface area contributed by atoms with Crippen LogP contribution >= 0.6 is 0 Å². The molecule has 0 radical (unpaired) electrons. The third-order valence-corrected chi connectivity index (χ3v) is 6.80. The molecule has 2 aromatic carbocycles. The van der Waals surface area contributed by atoms with Crippen molar-refractivity contribution in [1.82, 2.24) is 9.73 Å². The van der Waals surface area contributed by atoms with Crippen molar-refractivity contribution in [2.45, 2.75) is 44.0 Å². The standard InChI is InChI=1S/C22H27N3O4S/c1-3-15-29-19-10-8-18(9-11-19)16-23-24-22(26)21-5-4-14-25(21)30(27,28)20-12-6-17(2)7-13-20/h6-13,16,21H,3-5,14-15H2,1-2H3,(H,24,26). The lowest BCUT2D eigenvalue weighted by atomic mass is 10.2. The highest BCUT2D eigenvalue weighted by molar-refractivity contribution is 7.89. The van der Waals surface area contributed by atoms with Crippen LogP contribution in [-0.2, 0) is 14.8 Å². The van der Waals surface area contributed by atoms with Crippen LogP contribution in [0.15, 0.2) is 58.5 Å². The van der Waals surface area contributed by atoms with Gasteiger partial charge in [0, 0.05) is 6.54 Å². The summed E-state index contributed by atoms with van der Waals surface area (Å²) in [5.74, 6) is 0.350. The Kier molecular flexibility index (Phi) is 7.23. The number of carbonyl (C=O) groups excluding carboxylic acids is 1. The maximum atomic E-state index is 13.0. The predicted molar refractivity (Wildman–Crippen MR) is 116 cm³/mol. The molecule has 1 unspecified atom stereocenters. The molecule has 1 N–H and O–H groups in total. The zero-order valence-corrected chi connectivity index (χ0v) is 18.1. The molecule has 0 aromatic heterocycles. The molecule has 2 aromatic rings. The van der Waals surface area contributed by atoms with Gasteiger partial charge < -0.3 is 4.74 Å². The van der Waals surface area contributed by atoms with Crippen LogP contribution in [0.5, 0.6) is 5.75 Å². The number of ether oxygens (including phenoxy) is 1. The van der Waals surface area contributed by atoms with E-state index in [2.05, 4.69) is 10.5 Å². The van der Waals surface area contributed by atoms with Crippen molar-refractivity contribution >= 4 is 22.1 Å². The van der Waals surface area contributed by atoms with Crippen LogP contribution in [0, 0.1) is 6.92 Å². The highest BCUT2D eigenvalue weighted by atomic mass is 32.2. The minimum atomic E-state index is -3.73. The zero-order valence-electron chi connectivity index (χ0n) is 17.2. The van der Waals surface area contributed by atoms with E-state index in [9.17, 15) is 13.2 Å². The van der Waals surface area contributed by atoms with Gasteiger partial charge in [-0.15, -0.1) is 0 Å². The van der Waals surface area contributed by atoms with Crippen molar-refractivity contribution in [2.24, 2.45) is 5.10 Å². The number of nitrogens with zero attached hydrogens (tertiary/aromatic N) is 2. The fourth-order valence-electron chi connectivity index (χ4n) is 3.25. The molecular formula is C22H27N3O4S. The highest BCUT2D eigenvalue weighted by Gasteiger charge is 2.39. The van der Waals surface area contributed by atoms with Gasteiger partial charge >= 0.3 is 0 Å². The van der Waals surface area contributed by atoms with Gasteiger partial charge in [0.15, 0.2) is 0 Å². The van der Waals surface area contributed by atoms with Crippen molar-refractivity contribution in [3.8, 4) is 5.75 Å². The average molecular weight is 430 g/mol. The molecule has 1 aliphatic heterocycles. The molecule has 1 atom stereocenters. The Hall–Kier alpha value is -2.71. The first-order valence-corrected chi connectivity index (χ1v) is 11.5. The number of carbonyl (C=O) groups is 1.